The molecule has 0 saturated carbocycles. The Balaban J connectivity index is 4.16. The van der Waals surface area contributed by atoms with Crippen LogP contribution < -0.4 is 0 Å². The maximum absolute atomic E-state index is 11.9. The van der Waals surface area contributed by atoms with E-state index in [0.29, 0.717) is 19.3 Å². The zero-order chi connectivity index (χ0) is 15.0. The van der Waals surface area contributed by atoms with Crippen LogP contribution in [-0.4, -0.2) is 24.1 Å². The molecule has 112 valence electrons. The molecule has 1 atom stereocenters. The summed E-state index contributed by atoms with van der Waals surface area (Å²) in [5, 5.41) is 0. The fraction of sp³-hybridized carbons (Fsp3) is 0.867. The zero-order valence-corrected chi connectivity index (χ0v) is 13.1. The second-order valence-electron chi connectivity index (χ2n) is 5.77. The molecule has 1 unspecified atom stereocenters. The molecule has 0 aliphatic heterocycles. The van der Waals surface area contributed by atoms with Crippen LogP contribution in [0, 0.1) is 11.8 Å². The molecule has 0 radical (unpaired) electrons. The SMILES string of the molecule is CC(C)OC(=O)CCCC(C(=O)OC(C)C)C(C)C. The maximum atomic E-state index is 11.9. The van der Waals surface area contributed by atoms with Crippen molar-refractivity contribution < 1.29 is 19.1 Å². The van der Waals surface area contributed by atoms with Crippen molar-refractivity contribution in [3.63, 3.8) is 0 Å². The molecular weight excluding hydrogens is 244 g/mol. The smallest absolute Gasteiger partial charge is 0.309 e. The number of hydrogen-bond donors (Lipinski definition) is 0. The van der Waals surface area contributed by atoms with E-state index in [1.165, 1.54) is 0 Å². The second-order valence-corrected chi connectivity index (χ2v) is 5.77. The van der Waals surface area contributed by atoms with Crippen LogP contribution in [0.5, 0.6) is 0 Å². The van der Waals surface area contributed by atoms with Gasteiger partial charge in [0, 0.05) is 6.42 Å². The van der Waals surface area contributed by atoms with E-state index >= 15 is 0 Å². The Kier molecular flexibility index (Phi) is 8.44. The molecule has 0 N–H and O–H groups in total. The fourth-order valence-corrected chi connectivity index (χ4v) is 1.83. The maximum Gasteiger partial charge on any atom is 0.309 e. The molecule has 0 aliphatic rings. The summed E-state index contributed by atoms with van der Waals surface area (Å²) in [6.07, 6.45) is 1.49. The largest absolute Gasteiger partial charge is 0.463 e. The zero-order valence-electron chi connectivity index (χ0n) is 13.1. The predicted octanol–water partition coefficient (Wildman–Crippen LogP) is 3.33. The van der Waals surface area contributed by atoms with Crippen LogP contribution >= 0.6 is 0 Å². The minimum atomic E-state index is -0.199. The number of rotatable bonds is 8. The molecule has 0 aromatic heterocycles. The highest BCUT2D eigenvalue weighted by molar-refractivity contribution is 5.73. The van der Waals surface area contributed by atoms with E-state index in [9.17, 15) is 9.59 Å². The van der Waals surface area contributed by atoms with Crippen LogP contribution in [0.1, 0.15) is 60.8 Å². The molecule has 0 spiro atoms. The average Bonchev–Trinajstić information content (AvgIpc) is 2.21. The number of carbonyl (C=O) groups excluding carboxylic acids is 2. The molecule has 0 aromatic carbocycles. The molecule has 19 heavy (non-hydrogen) atoms. The molecule has 0 amide bonds. The Labute approximate surface area is 116 Å². The summed E-state index contributed by atoms with van der Waals surface area (Å²) < 4.78 is 10.3. The Morgan fingerprint density at radius 2 is 1.42 bits per heavy atom. The van der Waals surface area contributed by atoms with E-state index in [4.69, 9.17) is 9.47 Å². The van der Waals surface area contributed by atoms with E-state index in [1.54, 1.807) is 0 Å². The summed E-state index contributed by atoms with van der Waals surface area (Å²) in [6.45, 7) is 11.3. The highest BCUT2D eigenvalue weighted by atomic mass is 16.5. The lowest BCUT2D eigenvalue weighted by Crippen LogP contribution is -2.25. The first kappa shape index (κ1) is 17.9. The molecule has 0 aromatic rings. The Hall–Kier alpha value is -1.06. The second kappa shape index (κ2) is 8.94. The highest BCUT2D eigenvalue weighted by Gasteiger charge is 2.24. The third kappa shape index (κ3) is 8.62. The van der Waals surface area contributed by atoms with Gasteiger partial charge < -0.3 is 9.47 Å². The number of esters is 2. The fourth-order valence-electron chi connectivity index (χ4n) is 1.83. The minimum Gasteiger partial charge on any atom is -0.463 e. The molecular formula is C15H28O4. The number of hydrogen-bond acceptors (Lipinski definition) is 4. The van der Waals surface area contributed by atoms with Gasteiger partial charge in [0.05, 0.1) is 18.1 Å². The van der Waals surface area contributed by atoms with E-state index in [1.807, 2.05) is 41.5 Å². The first-order valence-electron chi connectivity index (χ1n) is 7.14. The van der Waals surface area contributed by atoms with Gasteiger partial charge in [0.1, 0.15) is 0 Å². The first-order chi connectivity index (χ1) is 8.73. The van der Waals surface area contributed by atoms with Gasteiger partial charge in [-0.3, -0.25) is 9.59 Å². The lowest BCUT2D eigenvalue weighted by molar-refractivity contribution is -0.155. The van der Waals surface area contributed by atoms with Crippen molar-refractivity contribution in [1.29, 1.82) is 0 Å². The van der Waals surface area contributed by atoms with Crippen LogP contribution in [0.4, 0.5) is 0 Å². The summed E-state index contributed by atoms with van der Waals surface area (Å²) in [4.78, 5) is 23.3. The van der Waals surface area contributed by atoms with Crippen molar-refractivity contribution in [3.05, 3.63) is 0 Å². The van der Waals surface area contributed by atoms with Crippen LogP contribution in [0.15, 0.2) is 0 Å². The minimum absolute atomic E-state index is 0.0840. The predicted molar refractivity (Wildman–Crippen MR) is 74.6 cm³/mol. The summed E-state index contributed by atoms with van der Waals surface area (Å²) >= 11 is 0. The van der Waals surface area contributed by atoms with Crippen molar-refractivity contribution >= 4 is 11.9 Å². The molecule has 0 saturated heterocycles. The van der Waals surface area contributed by atoms with Gasteiger partial charge in [-0.1, -0.05) is 13.8 Å². The Bertz CT molecular complexity index is 282. The quantitative estimate of drug-likeness (QED) is 0.636. The van der Waals surface area contributed by atoms with Crippen molar-refractivity contribution in [2.45, 2.75) is 73.0 Å². The molecule has 0 bridgehead atoms. The van der Waals surface area contributed by atoms with Gasteiger partial charge in [0.2, 0.25) is 0 Å². The molecule has 4 heteroatoms. The summed E-state index contributed by atoms with van der Waals surface area (Å²) in [5.41, 5.74) is 0. The van der Waals surface area contributed by atoms with Crippen molar-refractivity contribution in [2.24, 2.45) is 11.8 Å². The van der Waals surface area contributed by atoms with E-state index in [2.05, 4.69) is 0 Å². The van der Waals surface area contributed by atoms with Gasteiger partial charge in [0.25, 0.3) is 0 Å². The number of carbonyl (C=O) groups is 2. The van der Waals surface area contributed by atoms with Gasteiger partial charge in [-0.05, 0) is 46.5 Å². The summed E-state index contributed by atoms with van der Waals surface area (Å²) in [5.74, 6) is -0.293. The normalized spacial score (nSPS) is 12.9. The van der Waals surface area contributed by atoms with Gasteiger partial charge in [-0.15, -0.1) is 0 Å². The van der Waals surface area contributed by atoms with Gasteiger partial charge in [0.15, 0.2) is 0 Å². The molecule has 4 nitrogen and oxygen atoms in total. The monoisotopic (exact) mass is 272 g/mol. The van der Waals surface area contributed by atoms with E-state index in [0.717, 1.165) is 0 Å². The van der Waals surface area contributed by atoms with Crippen molar-refractivity contribution in [2.75, 3.05) is 0 Å². The highest BCUT2D eigenvalue weighted by Crippen LogP contribution is 2.21. The lowest BCUT2D eigenvalue weighted by atomic mass is 9.90. The van der Waals surface area contributed by atoms with E-state index in [-0.39, 0.29) is 36.0 Å². The molecule has 0 rings (SSSR count). The van der Waals surface area contributed by atoms with Crippen LogP contribution in [-0.2, 0) is 19.1 Å². The standard InChI is InChI=1S/C15H28O4/c1-10(2)13(15(17)19-12(5)6)8-7-9-14(16)18-11(3)4/h10-13H,7-9H2,1-6H3. The summed E-state index contributed by atoms with van der Waals surface area (Å²) in [6, 6.07) is 0. The van der Waals surface area contributed by atoms with Crippen molar-refractivity contribution in [1.82, 2.24) is 0 Å². The van der Waals surface area contributed by atoms with Crippen LogP contribution in [0.3, 0.4) is 0 Å². The third-order valence-corrected chi connectivity index (χ3v) is 2.72. The Morgan fingerprint density at radius 1 is 0.895 bits per heavy atom. The average molecular weight is 272 g/mol. The Morgan fingerprint density at radius 3 is 1.84 bits per heavy atom. The van der Waals surface area contributed by atoms with Gasteiger partial charge in [-0.25, -0.2) is 0 Å². The first-order valence-corrected chi connectivity index (χ1v) is 7.14. The summed E-state index contributed by atoms with van der Waals surface area (Å²) in [7, 11) is 0. The van der Waals surface area contributed by atoms with E-state index < -0.39 is 0 Å². The van der Waals surface area contributed by atoms with Gasteiger partial charge in [-0.2, -0.15) is 0 Å². The third-order valence-electron chi connectivity index (χ3n) is 2.72. The van der Waals surface area contributed by atoms with Crippen LogP contribution in [0.25, 0.3) is 0 Å². The van der Waals surface area contributed by atoms with Crippen LogP contribution in [0.2, 0.25) is 0 Å². The lowest BCUT2D eigenvalue weighted by Gasteiger charge is -2.20. The molecule has 0 fully saturated rings. The molecule has 0 aliphatic carbocycles. The van der Waals surface area contributed by atoms with Crippen molar-refractivity contribution in [3.8, 4) is 0 Å². The molecule has 0 heterocycles. The topological polar surface area (TPSA) is 52.6 Å². The number of ether oxygens (including phenoxy) is 2. The van der Waals surface area contributed by atoms with Gasteiger partial charge >= 0.3 is 11.9 Å².